The lowest BCUT2D eigenvalue weighted by atomic mass is 10.0. The molecule has 2 amide bonds. The van der Waals surface area contributed by atoms with Gasteiger partial charge in [0, 0.05) is 25.7 Å². The van der Waals surface area contributed by atoms with Gasteiger partial charge in [-0.05, 0) is 56.0 Å². The van der Waals surface area contributed by atoms with Gasteiger partial charge in [-0.25, -0.2) is 17.9 Å². The summed E-state index contributed by atoms with van der Waals surface area (Å²) in [5.41, 5.74) is 1.00. The Morgan fingerprint density at radius 1 is 1.06 bits per heavy atom. The standard InChI is InChI=1S/C23H29N3O4S/c1-2-31(28,29)24-21-12-15-26(23(27)25-13-7-14-25)22(21)17-18-8-6-11-20(16-18)30-19-9-4-3-5-10-19/h3-6,8-11,16,21-22,24H,2,7,12-15,17H2,1H3/t21-,22-/m0/s1. The van der Waals surface area contributed by atoms with Crippen molar-refractivity contribution < 1.29 is 17.9 Å². The minimum Gasteiger partial charge on any atom is -0.457 e. The highest BCUT2D eigenvalue weighted by Gasteiger charge is 2.41. The molecule has 0 aliphatic carbocycles. The van der Waals surface area contributed by atoms with Crippen LogP contribution in [0.15, 0.2) is 54.6 Å². The molecule has 31 heavy (non-hydrogen) atoms. The number of hydrogen-bond acceptors (Lipinski definition) is 4. The number of benzene rings is 2. The third-order valence-electron chi connectivity index (χ3n) is 5.95. The highest BCUT2D eigenvalue weighted by Crippen LogP contribution is 2.28. The molecule has 0 radical (unpaired) electrons. The van der Waals surface area contributed by atoms with Crippen molar-refractivity contribution in [3.63, 3.8) is 0 Å². The minimum atomic E-state index is -3.36. The lowest BCUT2D eigenvalue weighted by Crippen LogP contribution is -2.54. The average Bonchev–Trinajstić information content (AvgIpc) is 3.09. The highest BCUT2D eigenvalue weighted by atomic mass is 32.2. The summed E-state index contributed by atoms with van der Waals surface area (Å²) >= 11 is 0. The number of nitrogens with zero attached hydrogens (tertiary/aromatic N) is 2. The SMILES string of the molecule is CCS(=O)(=O)N[C@H]1CCN(C(=O)N2CCC2)[C@H]1Cc1cccc(Oc2ccccc2)c1. The smallest absolute Gasteiger partial charge is 0.320 e. The van der Waals surface area contributed by atoms with Crippen molar-refractivity contribution in [3.8, 4) is 11.5 Å². The van der Waals surface area contributed by atoms with Gasteiger partial charge in [0.15, 0.2) is 0 Å². The number of carbonyl (C=O) groups excluding carboxylic acids is 1. The third kappa shape index (κ3) is 5.19. The summed E-state index contributed by atoms with van der Waals surface area (Å²) in [5, 5.41) is 0. The maximum Gasteiger partial charge on any atom is 0.320 e. The van der Waals surface area contributed by atoms with E-state index < -0.39 is 10.0 Å². The number of para-hydroxylation sites is 1. The number of amides is 2. The average molecular weight is 444 g/mol. The normalized spacial score (nSPS) is 21.1. The Bertz CT molecular complexity index is 1010. The predicted octanol–water partition coefficient (Wildman–Crippen LogP) is 3.23. The van der Waals surface area contributed by atoms with E-state index in [0.717, 1.165) is 30.8 Å². The minimum absolute atomic E-state index is 0.00568. The molecule has 166 valence electrons. The fraction of sp³-hybridized carbons (Fsp3) is 0.435. The summed E-state index contributed by atoms with van der Waals surface area (Å²) in [4.78, 5) is 16.6. The van der Waals surface area contributed by atoms with Gasteiger partial charge in [-0.1, -0.05) is 30.3 Å². The second kappa shape index (κ2) is 9.28. The third-order valence-corrected chi connectivity index (χ3v) is 7.37. The highest BCUT2D eigenvalue weighted by molar-refractivity contribution is 7.89. The Kier molecular flexibility index (Phi) is 6.48. The second-order valence-corrected chi connectivity index (χ2v) is 10.1. The Hall–Kier alpha value is -2.58. The lowest BCUT2D eigenvalue weighted by Gasteiger charge is -2.37. The molecule has 1 N–H and O–H groups in total. The molecule has 2 aliphatic rings. The molecule has 7 nitrogen and oxygen atoms in total. The van der Waals surface area contributed by atoms with Gasteiger partial charge in [0.05, 0.1) is 11.8 Å². The van der Waals surface area contributed by atoms with Gasteiger partial charge in [0.2, 0.25) is 10.0 Å². The van der Waals surface area contributed by atoms with Crippen molar-refractivity contribution in [1.29, 1.82) is 0 Å². The van der Waals surface area contributed by atoms with Crippen LogP contribution < -0.4 is 9.46 Å². The Morgan fingerprint density at radius 3 is 2.48 bits per heavy atom. The van der Waals surface area contributed by atoms with Crippen LogP contribution in [0.3, 0.4) is 0 Å². The van der Waals surface area contributed by atoms with Crippen molar-refractivity contribution in [2.24, 2.45) is 0 Å². The summed E-state index contributed by atoms with van der Waals surface area (Å²) < 4.78 is 33.3. The van der Waals surface area contributed by atoms with E-state index in [2.05, 4.69) is 4.72 Å². The van der Waals surface area contributed by atoms with Crippen LogP contribution in [0.5, 0.6) is 11.5 Å². The van der Waals surface area contributed by atoms with E-state index in [1.807, 2.05) is 64.4 Å². The van der Waals surface area contributed by atoms with Crippen LogP contribution >= 0.6 is 0 Å². The van der Waals surface area contributed by atoms with Gasteiger partial charge in [0.1, 0.15) is 11.5 Å². The zero-order chi connectivity index (χ0) is 21.8. The van der Waals surface area contributed by atoms with E-state index in [1.165, 1.54) is 0 Å². The van der Waals surface area contributed by atoms with E-state index in [1.54, 1.807) is 6.92 Å². The molecule has 8 heteroatoms. The molecule has 2 fully saturated rings. The van der Waals surface area contributed by atoms with Gasteiger partial charge < -0.3 is 14.5 Å². The summed E-state index contributed by atoms with van der Waals surface area (Å²) in [6.07, 6.45) is 2.20. The molecule has 4 rings (SSSR count). The number of urea groups is 1. The van der Waals surface area contributed by atoms with Crippen molar-refractivity contribution in [1.82, 2.24) is 14.5 Å². The summed E-state index contributed by atoms with van der Waals surface area (Å²) in [6.45, 7) is 3.72. The van der Waals surface area contributed by atoms with E-state index in [-0.39, 0.29) is 23.9 Å². The van der Waals surface area contributed by atoms with Crippen LogP contribution in [-0.2, 0) is 16.4 Å². The van der Waals surface area contributed by atoms with Crippen LogP contribution in [-0.4, -0.2) is 61.7 Å². The summed E-state index contributed by atoms with van der Waals surface area (Å²) in [5.74, 6) is 1.49. The molecule has 0 aromatic heterocycles. The van der Waals surface area contributed by atoms with Crippen LogP contribution in [0.2, 0.25) is 0 Å². The van der Waals surface area contributed by atoms with Crippen molar-refractivity contribution in [2.45, 2.75) is 38.3 Å². The Labute approximate surface area is 184 Å². The lowest BCUT2D eigenvalue weighted by molar-refractivity contribution is 0.120. The number of rotatable bonds is 7. The molecule has 2 aromatic carbocycles. The molecule has 2 aliphatic heterocycles. The van der Waals surface area contributed by atoms with E-state index >= 15 is 0 Å². The number of ether oxygens (including phenoxy) is 1. The van der Waals surface area contributed by atoms with Crippen molar-refractivity contribution in [3.05, 3.63) is 60.2 Å². The molecule has 0 saturated carbocycles. The first-order chi connectivity index (χ1) is 14.9. The summed E-state index contributed by atoms with van der Waals surface area (Å²) in [6, 6.07) is 16.8. The first kappa shape index (κ1) is 21.6. The molecular formula is C23H29N3O4S. The Morgan fingerprint density at radius 2 is 1.81 bits per heavy atom. The van der Waals surface area contributed by atoms with Crippen LogP contribution in [0.1, 0.15) is 25.3 Å². The topological polar surface area (TPSA) is 79.0 Å². The molecule has 0 unspecified atom stereocenters. The molecule has 2 aromatic rings. The van der Waals surface area contributed by atoms with Crippen LogP contribution in [0.4, 0.5) is 4.79 Å². The maximum absolute atomic E-state index is 13.0. The number of hydrogen-bond donors (Lipinski definition) is 1. The van der Waals surface area contributed by atoms with Gasteiger partial charge in [-0.15, -0.1) is 0 Å². The van der Waals surface area contributed by atoms with E-state index in [0.29, 0.717) is 25.1 Å². The monoisotopic (exact) mass is 443 g/mol. The van der Waals surface area contributed by atoms with Crippen molar-refractivity contribution in [2.75, 3.05) is 25.4 Å². The zero-order valence-corrected chi connectivity index (χ0v) is 18.6. The molecule has 0 bridgehead atoms. The van der Waals surface area contributed by atoms with E-state index in [9.17, 15) is 13.2 Å². The Balaban J connectivity index is 1.54. The fourth-order valence-electron chi connectivity index (χ4n) is 4.09. The number of likely N-dealkylation sites (tertiary alicyclic amines) is 2. The quantitative estimate of drug-likeness (QED) is 0.713. The second-order valence-electron chi connectivity index (χ2n) is 8.07. The molecule has 2 atom stereocenters. The largest absolute Gasteiger partial charge is 0.457 e. The van der Waals surface area contributed by atoms with Gasteiger partial charge in [-0.3, -0.25) is 0 Å². The maximum atomic E-state index is 13.0. The van der Waals surface area contributed by atoms with Gasteiger partial charge in [-0.2, -0.15) is 0 Å². The van der Waals surface area contributed by atoms with Gasteiger partial charge >= 0.3 is 6.03 Å². The first-order valence-corrected chi connectivity index (χ1v) is 12.5. The predicted molar refractivity (Wildman–Crippen MR) is 120 cm³/mol. The molecule has 0 spiro atoms. The fourth-order valence-corrected chi connectivity index (χ4v) is 4.99. The number of nitrogens with one attached hydrogen (secondary N) is 1. The molecule has 2 heterocycles. The molecule has 2 saturated heterocycles. The van der Waals surface area contributed by atoms with E-state index in [4.69, 9.17) is 4.74 Å². The first-order valence-electron chi connectivity index (χ1n) is 10.8. The van der Waals surface area contributed by atoms with Crippen LogP contribution in [0.25, 0.3) is 0 Å². The van der Waals surface area contributed by atoms with Crippen LogP contribution in [0, 0.1) is 0 Å². The number of carbonyl (C=O) groups is 1. The molecular weight excluding hydrogens is 414 g/mol. The zero-order valence-electron chi connectivity index (χ0n) is 17.7. The summed E-state index contributed by atoms with van der Waals surface area (Å²) in [7, 11) is -3.36. The van der Waals surface area contributed by atoms with Crippen molar-refractivity contribution >= 4 is 16.1 Å². The number of sulfonamides is 1. The van der Waals surface area contributed by atoms with Gasteiger partial charge in [0.25, 0.3) is 0 Å².